The predicted octanol–water partition coefficient (Wildman–Crippen LogP) is 4.96. The quantitative estimate of drug-likeness (QED) is 0.123. The Kier molecular flexibility index (Phi) is 12.1. The molecule has 2 aromatic heterocycles. The lowest BCUT2D eigenvalue weighted by molar-refractivity contribution is -0.137. The molecule has 0 radical (unpaired) electrons. The van der Waals surface area contributed by atoms with Gasteiger partial charge in [-0.1, -0.05) is 74.0 Å². The van der Waals surface area contributed by atoms with E-state index in [1.165, 1.54) is 22.0 Å². The maximum absolute atomic E-state index is 13.1. The minimum Gasteiger partial charge on any atom is -0.481 e. The van der Waals surface area contributed by atoms with E-state index in [1.807, 2.05) is 73.0 Å². The van der Waals surface area contributed by atoms with Gasteiger partial charge in [0, 0.05) is 36.4 Å². The number of nitrogens with zero attached hydrogens (tertiary/aromatic N) is 2. The summed E-state index contributed by atoms with van der Waals surface area (Å²) in [5, 5.41) is 23.1. The summed E-state index contributed by atoms with van der Waals surface area (Å²) in [7, 11) is 0. The van der Waals surface area contributed by atoms with Crippen LogP contribution in [0.15, 0.2) is 83.1 Å². The maximum Gasteiger partial charge on any atom is 0.407 e. The second kappa shape index (κ2) is 16.6. The Morgan fingerprint density at radius 3 is 2.42 bits per heavy atom. The van der Waals surface area contributed by atoms with Crippen LogP contribution in [-0.2, 0) is 42.2 Å². The minimum atomic E-state index is -1.12. The first-order valence-corrected chi connectivity index (χ1v) is 15.4. The first-order valence-electron chi connectivity index (χ1n) is 14.5. The lowest BCUT2D eigenvalue weighted by Gasteiger charge is -2.20. The molecule has 0 aliphatic heterocycles. The number of pyridine rings is 1. The lowest BCUT2D eigenvalue weighted by Crippen LogP contribution is -2.41. The van der Waals surface area contributed by atoms with Crippen molar-refractivity contribution in [2.24, 2.45) is 0 Å². The van der Waals surface area contributed by atoms with Crippen LogP contribution < -0.4 is 26.8 Å². The Morgan fingerprint density at radius 2 is 1.73 bits per heavy atom. The highest BCUT2D eigenvalue weighted by atomic mass is 32.1. The number of anilines is 2. The standard InChI is InChI=1S/C32H36N6O6S/c1-2-9-24-18-38(19-25(14-29(40)41)36-32(43)44-20-23-12-7-4-8-13-23)28(39)15-27(24)33-17-26-21-45-31(35-26)37-30(42)34-16-22-10-5-3-6-11-22/h3-8,10-13,15,18,21,25,33H,2,9,14,16-17,19-20H2,1H3,(H,36,43)(H,40,41)(H2,34,35,37,42). The van der Waals surface area contributed by atoms with E-state index in [0.717, 1.165) is 23.1 Å². The molecule has 2 aromatic carbocycles. The van der Waals surface area contributed by atoms with Gasteiger partial charge in [0.2, 0.25) is 0 Å². The van der Waals surface area contributed by atoms with Crippen molar-refractivity contribution < 1.29 is 24.2 Å². The van der Waals surface area contributed by atoms with Crippen LogP contribution in [0.3, 0.4) is 0 Å². The van der Waals surface area contributed by atoms with Crippen LogP contribution in [0, 0.1) is 0 Å². The second-order valence-electron chi connectivity index (χ2n) is 10.2. The highest BCUT2D eigenvalue weighted by Gasteiger charge is 2.19. The summed E-state index contributed by atoms with van der Waals surface area (Å²) < 4.78 is 6.65. The molecule has 5 N–H and O–H groups in total. The Bertz CT molecular complexity index is 1630. The molecule has 0 spiro atoms. The summed E-state index contributed by atoms with van der Waals surface area (Å²) in [6.45, 7) is 2.71. The highest BCUT2D eigenvalue weighted by Crippen LogP contribution is 2.19. The number of nitrogens with one attached hydrogen (secondary N) is 4. The fourth-order valence-corrected chi connectivity index (χ4v) is 5.19. The third kappa shape index (κ3) is 10.8. The van der Waals surface area contributed by atoms with Gasteiger partial charge in [0.15, 0.2) is 5.13 Å². The number of thiazole rings is 1. The van der Waals surface area contributed by atoms with Crippen LogP contribution in [0.25, 0.3) is 0 Å². The summed E-state index contributed by atoms with van der Waals surface area (Å²) in [5.74, 6) is -1.12. The van der Waals surface area contributed by atoms with Crippen molar-refractivity contribution in [3.8, 4) is 0 Å². The zero-order chi connectivity index (χ0) is 32.0. The number of ether oxygens (including phenoxy) is 1. The Hall–Kier alpha value is -5.17. The summed E-state index contributed by atoms with van der Waals surface area (Å²) >= 11 is 1.29. The molecule has 0 saturated carbocycles. The Balaban J connectivity index is 1.35. The number of rotatable bonds is 15. The summed E-state index contributed by atoms with van der Waals surface area (Å²) in [5.41, 5.74) is 3.59. The number of carboxylic acid groups (broad SMARTS) is 1. The van der Waals surface area contributed by atoms with Gasteiger partial charge in [0.05, 0.1) is 24.7 Å². The zero-order valence-corrected chi connectivity index (χ0v) is 25.6. The van der Waals surface area contributed by atoms with Crippen LogP contribution >= 0.6 is 11.3 Å². The summed E-state index contributed by atoms with van der Waals surface area (Å²) in [6.07, 6.45) is 1.99. The average molecular weight is 633 g/mol. The van der Waals surface area contributed by atoms with Crippen molar-refractivity contribution in [2.75, 3.05) is 10.6 Å². The van der Waals surface area contributed by atoms with Gasteiger partial charge < -0.3 is 30.4 Å². The molecule has 3 amide bonds. The molecule has 0 aliphatic carbocycles. The van der Waals surface area contributed by atoms with E-state index < -0.39 is 18.1 Å². The van der Waals surface area contributed by atoms with Crippen molar-refractivity contribution in [3.63, 3.8) is 0 Å². The smallest absolute Gasteiger partial charge is 0.407 e. The monoisotopic (exact) mass is 632 g/mol. The Labute approximate surface area is 264 Å². The molecule has 13 heteroatoms. The van der Waals surface area contributed by atoms with Gasteiger partial charge in [-0.3, -0.25) is 14.9 Å². The van der Waals surface area contributed by atoms with Crippen LogP contribution in [0.4, 0.5) is 20.4 Å². The molecular formula is C32H36N6O6S. The Morgan fingerprint density at radius 1 is 1.02 bits per heavy atom. The molecule has 45 heavy (non-hydrogen) atoms. The van der Waals surface area contributed by atoms with Gasteiger partial charge in [0.25, 0.3) is 5.56 Å². The van der Waals surface area contributed by atoms with E-state index >= 15 is 0 Å². The average Bonchev–Trinajstić information content (AvgIpc) is 3.47. The fourth-order valence-electron chi connectivity index (χ4n) is 4.49. The third-order valence-electron chi connectivity index (χ3n) is 6.63. The van der Waals surface area contributed by atoms with Crippen molar-refractivity contribution in [1.29, 1.82) is 0 Å². The number of aryl methyl sites for hydroxylation is 1. The molecule has 12 nitrogen and oxygen atoms in total. The predicted molar refractivity (Wildman–Crippen MR) is 172 cm³/mol. The molecule has 4 rings (SSSR count). The topological polar surface area (TPSA) is 164 Å². The van der Waals surface area contributed by atoms with Gasteiger partial charge in [-0.2, -0.15) is 0 Å². The molecule has 1 unspecified atom stereocenters. The van der Waals surface area contributed by atoms with Gasteiger partial charge in [-0.05, 0) is 23.1 Å². The minimum absolute atomic E-state index is 0.0332. The van der Waals surface area contributed by atoms with Gasteiger partial charge in [-0.25, -0.2) is 14.6 Å². The molecule has 1 atom stereocenters. The normalized spacial score (nSPS) is 11.3. The number of alkyl carbamates (subject to hydrolysis) is 1. The summed E-state index contributed by atoms with van der Waals surface area (Å²) in [4.78, 5) is 53.8. The fraction of sp³-hybridized carbons (Fsp3) is 0.281. The van der Waals surface area contributed by atoms with Crippen LogP contribution in [-0.4, -0.2) is 38.8 Å². The molecule has 2 heterocycles. The van der Waals surface area contributed by atoms with E-state index in [-0.39, 0.29) is 31.2 Å². The van der Waals surface area contributed by atoms with Crippen LogP contribution in [0.5, 0.6) is 0 Å². The number of urea groups is 1. The van der Waals surface area contributed by atoms with Crippen molar-refractivity contribution in [1.82, 2.24) is 20.2 Å². The van der Waals surface area contributed by atoms with Gasteiger partial charge in [0.1, 0.15) is 6.61 Å². The van der Waals surface area contributed by atoms with Gasteiger partial charge >= 0.3 is 18.1 Å². The number of aromatic nitrogens is 2. The SMILES string of the molecule is CCCc1cn(CC(CC(=O)O)NC(=O)OCc2ccccc2)c(=O)cc1NCc1csc(NC(=O)NCc2ccccc2)n1. The number of hydrogen-bond acceptors (Lipinski definition) is 8. The molecular weight excluding hydrogens is 596 g/mol. The molecule has 0 aliphatic rings. The third-order valence-corrected chi connectivity index (χ3v) is 7.44. The van der Waals surface area contributed by atoms with Gasteiger partial charge in [-0.15, -0.1) is 11.3 Å². The molecule has 0 saturated heterocycles. The van der Waals surface area contributed by atoms with Crippen molar-refractivity contribution >= 4 is 40.2 Å². The number of amides is 3. The van der Waals surface area contributed by atoms with Crippen molar-refractivity contribution in [2.45, 2.75) is 58.5 Å². The number of hydrogen-bond donors (Lipinski definition) is 5. The first-order chi connectivity index (χ1) is 21.8. The zero-order valence-electron chi connectivity index (χ0n) is 24.8. The van der Waals surface area contributed by atoms with E-state index in [0.29, 0.717) is 36.0 Å². The number of carbonyl (C=O) groups excluding carboxylic acids is 2. The van der Waals surface area contributed by atoms with E-state index in [2.05, 4.69) is 26.3 Å². The molecule has 4 aromatic rings. The molecule has 236 valence electrons. The number of benzene rings is 2. The maximum atomic E-state index is 13.1. The summed E-state index contributed by atoms with van der Waals surface area (Å²) in [6, 6.07) is 18.9. The largest absolute Gasteiger partial charge is 0.481 e. The second-order valence-corrected chi connectivity index (χ2v) is 11.1. The molecule has 0 fully saturated rings. The van der Waals surface area contributed by atoms with Crippen LogP contribution in [0.2, 0.25) is 0 Å². The lowest BCUT2D eigenvalue weighted by atomic mass is 10.1. The van der Waals surface area contributed by atoms with E-state index in [4.69, 9.17) is 4.74 Å². The van der Waals surface area contributed by atoms with E-state index in [9.17, 15) is 24.3 Å². The highest BCUT2D eigenvalue weighted by molar-refractivity contribution is 7.13. The number of aliphatic carboxylic acids is 1. The molecule has 0 bridgehead atoms. The van der Waals surface area contributed by atoms with E-state index in [1.54, 1.807) is 6.20 Å². The number of carbonyl (C=O) groups is 3. The van der Waals surface area contributed by atoms with Crippen molar-refractivity contribution in [3.05, 3.63) is 111 Å². The number of carboxylic acids is 1. The first kappa shape index (κ1) is 32.7. The van der Waals surface area contributed by atoms with Crippen LogP contribution in [0.1, 0.15) is 42.1 Å².